The number of thiazole rings is 1. The number of rotatable bonds is 11. The number of amides is 2. The summed E-state index contributed by atoms with van der Waals surface area (Å²) < 4.78 is 7.97. The number of nitrogens with zero attached hydrogens (tertiary/aromatic N) is 5. The highest BCUT2D eigenvalue weighted by Crippen LogP contribution is 2.31. The highest BCUT2D eigenvalue weighted by Gasteiger charge is 2.13. The number of carbonyl (C=O) groups excluding carboxylic acids is 3. The van der Waals surface area contributed by atoms with Crippen molar-refractivity contribution >= 4 is 74.2 Å². The Labute approximate surface area is 247 Å². The summed E-state index contributed by atoms with van der Waals surface area (Å²) in [5.41, 5.74) is 3.49. The first-order valence-corrected chi connectivity index (χ1v) is 15.0. The van der Waals surface area contributed by atoms with Crippen LogP contribution in [-0.4, -0.2) is 61.6 Å². The first-order valence-electron chi connectivity index (χ1n) is 12.2. The van der Waals surface area contributed by atoms with Gasteiger partial charge >= 0.3 is 5.97 Å². The molecule has 2 heterocycles. The molecule has 14 heteroatoms. The number of hydrogen-bond acceptors (Lipinski definition) is 11. The molecule has 0 unspecified atom stereocenters. The lowest BCUT2D eigenvalue weighted by Crippen LogP contribution is -2.14. The number of aromatic nitrogens is 5. The van der Waals surface area contributed by atoms with Crippen molar-refractivity contribution in [3.05, 3.63) is 83.9 Å². The molecule has 208 valence electrons. The molecule has 0 aliphatic rings. The van der Waals surface area contributed by atoms with E-state index in [1.54, 1.807) is 35.0 Å². The first-order chi connectivity index (χ1) is 20.0. The van der Waals surface area contributed by atoms with E-state index in [9.17, 15) is 14.4 Å². The Morgan fingerprint density at radius 2 is 1.61 bits per heavy atom. The fourth-order valence-electron chi connectivity index (χ4n) is 3.66. The predicted octanol–water partition coefficient (Wildman–Crippen LogP) is 4.58. The van der Waals surface area contributed by atoms with E-state index in [2.05, 4.69) is 35.9 Å². The van der Waals surface area contributed by atoms with Crippen LogP contribution in [-0.2, 0) is 20.9 Å². The average molecular weight is 606 g/mol. The largest absolute Gasteiger partial charge is 0.465 e. The summed E-state index contributed by atoms with van der Waals surface area (Å²) >= 11 is 4.03. The van der Waals surface area contributed by atoms with Gasteiger partial charge < -0.3 is 15.4 Å². The fourth-order valence-corrected chi connectivity index (χ4v) is 6.24. The van der Waals surface area contributed by atoms with Crippen molar-refractivity contribution in [2.75, 3.05) is 29.2 Å². The lowest BCUT2D eigenvalue weighted by molar-refractivity contribution is -0.114. The van der Waals surface area contributed by atoms with Crippen LogP contribution in [0.15, 0.2) is 82.3 Å². The van der Waals surface area contributed by atoms with E-state index < -0.39 is 5.97 Å². The molecule has 41 heavy (non-hydrogen) atoms. The van der Waals surface area contributed by atoms with Crippen molar-refractivity contribution in [3.63, 3.8) is 0 Å². The third-order valence-corrected chi connectivity index (χ3v) is 8.69. The van der Waals surface area contributed by atoms with Gasteiger partial charge in [-0.3, -0.25) is 9.59 Å². The van der Waals surface area contributed by atoms with E-state index in [1.807, 2.05) is 42.5 Å². The molecule has 0 fully saturated rings. The summed E-state index contributed by atoms with van der Waals surface area (Å²) in [5, 5.41) is 18.1. The van der Waals surface area contributed by atoms with Crippen molar-refractivity contribution in [3.8, 4) is 0 Å². The summed E-state index contributed by atoms with van der Waals surface area (Å²) in [6.45, 7) is 0.520. The third-order valence-electron chi connectivity index (χ3n) is 5.58. The molecular weight excluding hydrogens is 583 g/mol. The topological polar surface area (TPSA) is 141 Å². The van der Waals surface area contributed by atoms with Gasteiger partial charge in [-0.05, 0) is 58.5 Å². The van der Waals surface area contributed by atoms with Crippen molar-refractivity contribution in [2.45, 2.75) is 16.0 Å². The predicted molar refractivity (Wildman–Crippen MR) is 159 cm³/mol. The van der Waals surface area contributed by atoms with Crippen LogP contribution in [0.5, 0.6) is 0 Å². The Bertz CT molecular complexity index is 1670. The van der Waals surface area contributed by atoms with Gasteiger partial charge in [0.15, 0.2) is 4.34 Å². The summed E-state index contributed by atoms with van der Waals surface area (Å²) in [6, 6.07) is 21.8. The molecule has 0 aliphatic carbocycles. The van der Waals surface area contributed by atoms with Crippen molar-refractivity contribution in [2.24, 2.45) is 0 Å². The average Bonchev–Trinajstić information content (AvgIpc) is 3.61. The van der Waals surface area contributed by atoms with Gasteiger partial charge in [0.2, 0.25) is 17.0 Å². The maximum Gasteiger partial charge on any atom is 0.337 e. The maximum absolute atomic E-state index is 12.6. The smallest absolute Gasteiger partial charge is 0.337 e. The number of benzene rings is 3. The quantitative estimate of drug-likeness (QED) is 0.162. The molecule has 2 N–H and O–H groups in total. The van der Waals surface area contributed by atoms with E-state index in [0.29, 0.717) is 28.6 Å². The molecule has 0 saturated heterocycles. The van der Waals surface area contributed by atoms with Crippen molar-refractivity contribution in [1.29, 1.82) is 0 Å². The number of nitrogens with one attached hydrogen (secondary N) is 2. The number of carbonyl (C=O) groups is 3. The van der Waals surface area contributed by atoms with Crippen LogP contribution in [0.25, 0.3) is 10.2 Å². The van der Waals surface area contributed by atoms with Gasteiger partial charge in [-0.25, -0.2) is 14.5 Å². The zero-order valence-electron chi connectivity index (χ0n) is 21.6. The van der Waals surface area contributed by atoms with Crippen molar-refractivity contribution < 1.29 is 19.1 Å². The Kier molecular flexibility index (Phi) is 9.23. The number of hydrogen-bond donors (Lipinski definition) is 2. The Balaban J connectivity index is 1.11. The van der Waals surface area contributed by atoms with Crippen LogP contribution in [0.2, 0.25) is 0 Å². The number of methoxy groups -OCH3 is 1. The van der Waals surface area contributed by atoms with Crippen LogP contribution in [0.1, 0.15) is 15.9 Å². The molecule has 5 rings (SSSR count). The van der Waals surface area contributed by atoms with Gasteiger partial charge in [-0.15, -0.1) is 16.4 Å². The van der Waals surface area contributed by atoms with Gasteiger partial charge in [0, 0.05) is 11.4 Å². The standard InChI is InChI=1S/C27H23N7O4S3/c1-38-25(37)18-7-9-19(10-8-18)28-24(36)16-40-27-30-21-12-11-20(13-22(21)41-27)29-23(35)15-39-26-31-32-33-34(26)14-17-5-3-2-4-6-17/h2-13H,14-16H2,1H3,(H,28,36)(H,29,35). The molecule has 0 radical (unpaired) electrons. The fraction of sp³-hybridized carbons (Fsp3) is 0.148. The monoisotopic (exact) mass is 605 g/mol. The highest BCUT2D eigenvalue weighted by atomic mass is 32.2. The zero-order chi connectivity index (χ0) is 28.6. The van der Waals surface area contributed by atoms with Crippen LogP contribution >= 0.6 is 34.9 Å². The van der Waals surface area contributed by atoms with Crippen LogP contribution in [0, 0.1) is 0 Å². The van der Waals surface area contributed by atoms with E-state index >= 15 is 0 Å². The second-order valence-corrected chi connectivity index (χ2v) is 11.7. The first kappa shape index (κ1) is 28.3. The molecule has 3 aromatic carbocycles. The van der Waals surface area contributed by atoms with Gasteiger partial charge in [-0.1, -0.05) is 53.9 Å². The van der Waals surface area contributed by atoms with Gasteiger partial charge in [0.1, 0.15) is 0 Å². The van der Waals surface area contributed by atoms with Crippen LogP contribution in [0.3, 0.4) is 0 Å². The summed E-state index contributed by atoms with van der Waals surface area (Å²) in [5.74, 6) is -0.492. The number of esters is 1. The minimum atomic E-state index is -0.437. The number of anilines is 2. The van der Waals surface area contributed by atoms with Crippen LogP contribution < -0.4 is 10.6 Å². The number of ether oxygens (including phenoxy) is 1. The minimum absolute atomic E-state index is 0.150. The summed E-state index contributed by atoms with van der Waals surface area (Å²) in [4.78, 5) is 41.1. The Hall–Kier alpha value is -4.27. The number of fused-ring (bicyclic) bond motifs is 1. The van der Waals surface area contributed by atoms with Crippen LogP contribution in [0.4, 0.5) is 11.4 Å². The Morgan fingerprint density at radius 3 is 2.37 bits per heavy atom. The number of thioether (sulfide) groups is 2. The molecule has 11 nitrogen and oxygen atoms in total. The second-order valence-electron chi connectivity index (χ2n) is 8.51. The van der Waals surface area contributed by atoms with Gasteiger partial charge in [0.05, 0.1) is 40.9 Å². The lowest BCUT2D eigenvalue weighted by Gasteiger charge is -2.06. The minimum Gasteiger partial charge on any atom is -0.465 e. The second kappa shape index (κ2) is 13.4. The molecule has 2 aromatic heterocycles. The van der Waals surface area contributed by atoms with Gasteiger partial charge in [0.25, 0.3) is 0 Å². The lowest BCUT2D eigenvalue weighted by atomic mass is 10.2. The molecule has 0 aliphatic heterocycles. The van der Waals surface area contributed by atoms with Gasteiger partial charge in [-0.2, -0.15) is 0 Å². The number of tetrazole rings is 1. The molecule has 5 aromatic rings. The van der Waals surface area contributed by atoms with E-state index in [-0.39, 0.29) is 23.3 Å². The normalized spacial score (nSPS) is 10.9. The summed E-state index contributed by atoms with van der Waals surface area (Å²) in [6.07, 6.45) is 0. The van der Waals surface area contributed by atoms with E-state index in [4.69, 9.17) is 0 Å². The maximum atomic E-state index is 12.6. The van der Waals surface area contributed by atoms with Crippen molar-refractivity contribution in [1.82, 2.24) is 25.2 Å². The molecule has 0 saturated carbocycles. The van der Waals surface area contributed by atoms with E-state index in [0.717, 1.165) is 20.1 Å². The molecule has 0 bridgehead atoms. The molecule has 0 atom stereocenters. The third kappa shape index (κ3) is 7.68. The highest BCUT2D eigenvalue weighted by molar-refractivity contribution is 8.01. The van der Waals surface area contributed by atoms with E-state index in [1.165, 1.54) is 42.0 Å². The zero-order valence-corrected chi connectivity index (χ0v) is 24.1. The molecule has 2 amide bonds. The SMILES string of the molecule is COC(=O)c1ccc(NC(=O)CSc2nc3ccc(NC(=O)CSc4nnnn4Cc4ccccc4)cc3s2)cc1. The molecular formula is C27H23N7O4S3. The summed E-state index contributed by atoms with van der Waals surface area (Å²) in [7, 11) is 1.32. The Morgan fingerprint density at radius 1 is 0.902 bits per heavy atom. The molecule has 0 spiro atoms.